The molecule has 0 radical (unpaired) electrons. The van der Waals surface area contributed by atoms with Gasteiger partial charge in [0.05, 0.1) is 19.3 Å². The van der Waals surface area contributed by atoms with E-state index in [2.05, 4.69) is 0 Å². The molecule has 0 saturated heterocycles. The number of methoxy groups -OCH3 is 1. The van der Waals surface area contributed by atoms with Crippen LogP contribution in [0.1, 0.15) is 12.5 Å². The van der Waals surface area contributed by atoms with Crippen LogP contribution in [0.5, 0.6) is 11.5 Å². The van der Waals surface area contributed by atoms with Crippen LogP contribution >= 0.6 is 0 Å². The van der Waals surface area contributed by atoms with Gasteiger partial charge in [-0.3, -0.25) is 0 Å². The predicted molar refractivity (Wildman–Crippen MR) is 53.3 cm³/mol. The normalized spacial score (nSPS) is 14.9. The molecule has 0 amide bonds. The number of nitrogens with two attached hydrogens (primary N) is 1. The highest BCUT2D eigenvalue weighted by atomic mass is 16.5. The molecule has 0 fully saturated rings. The highest BCUT2D eigenvalue weighted by Gasteiger charge is 2.24. The van der Waals surface area contributed by atoms with Gasteiger partial charge in [-0.1, -0.05) is 0 Å². The summed E-state index contributed by atoms with van der Waals surface area (Å²) in [4.78, 5) is 0. The van der Waals surface area contributed by atoms with Crippen LogP contribution < -0.4 is 10.5 Å². The second-order valence-corrected chi connectivity index (χ2v) is 3.46. The Kier molecular flexibility index (Phi) is 2.98. The van der Waals surface area contributed by atoms with E-state index in [0.29, 0.717) is 11.3 Å². The van der Waals surface area contributed by atoms with Gasteiger partial charge >= 0.3 is 0 Å². The zero-order chi connectivity index (χ0) is 10.8. The Hall–Kier alpha value is -1.26. The van der Waals surface area contributed by atoms with Crippen molar-refractivity contribution in [1.82, 2.24) is 0 Å². The molecule has 0 saturated carbocycles. The van der Waals surface area contributed by atoms with E-state index in [-0.39, 0.29) is 12.4 Å². The summed E-state index contributed by atoms with van der Waals surface area (Å²) >= 11 is 0. The lowest BCUT2D eigenvalue weighted by Gasteiger charge is -2.24. The minimum absolute atomic E-state index is 0.110. The summed E-state index contributed by atoms with van der Waals surface area (Å²) in [7, 11) is 1.49. The summed E-state index contributed by atoms with van der Waals surface area (Å²) in [5.74, 6) is 0.586. The third kappa shape index (κ3) is 1.97. The van der Waals surface area contributed by atoms with Crippen LogP contribution in [0.2, 0.25) is 0 Å². The smallest absolute Gasteiger partial charge is 0.127 e. The number of phenols is 1. The molecule has 1 atom stereocenters. The third-order valence-electron chi connectivity index (χ3n) is 2.13. The van der Waals surface area contributed by atoms with E-state index < -0.39 is 5.54 Å². The molecule has 0 aliphatic heterocycles. The van der Waals surface area contributed by atoms with E-state index in [0.717, 1.165) is 0 Å². The van der Waals surface area contributed by atoms with E-state index in [1.807, 2.05) is 0 Å². The zero-order valence-electron chi connectivity index (χ0n) is 8.32. The van der Waals surface area contributed by atoms with E-state index in [1.165, 1.54) is 19.2 Å². The van der Waals surface area contributed by atoms with Crippen molar-refractivity contribution < 1.29 is 14.9 Å². The van der Waals surface area contributed by atoms with E-state index in [4.69, 9.17) is 15.6 Å². The average Bonchev–Trinajstić information content (AvgIpc) is 2.17. The molecule has 0 aliphatic carbocycles. The van der Waals surface area contributed by atoms with Crippen LogP contribution in [-0.2, 0) is 5.54 Å². The van der Waals surface area contributed by atoms with Crippen molar-refractivity contribution in [3.63, 3.8) is 0 Å². The summed E-state index contributed by atoms with van der Waals surface area (Å²) in [5.41, 5.74) is 5.66. The molecule has 0 aliphatic rings. The highest BCUT2D eigenvalue weighted by Crippen LogP contribution is 2.30. The lowest BCUT2D eigenvalue weighted by Crippen LogP contribution is -2.37. The fourth-order valence-corrected chi connectivity index (χ4v) is 1.24. The van der Waals surface area contributed by atoms with Crippen molar-refractivity contribution in [3.05, 3.63) is 23.8 Å². The highest BCUT2D eigenvalue weighted by molar-refractivity contribution is 5.43. The molecule has 0 aromatic heterocycles. The fraction of sp³-hybridized carbons (Fsp3) is 0.400. The van der Waals surface area contributed by atoms with Crippen LogP contribution in [-0.4, -0.2) is 23.9 Å². The second-order valence-electron chi connectivity index (χ2n) is 3.46. The maximum atomic E-state index is 9.22. The Balaban J connectivity index is 3.20. The molecule has 0 spiro atoms. The summed E-state index contributed by atoms with van der Waals surface area (Å²) in [6.07, 6.45) is 0. The number of benzene rings is 1. The first-order valence-corrected chi connectivity index (χ1v) is 4.28. The molecular formula is C10H15NO3. The molecule has 4 nitrogen and oxygen atoms in total. The first-order chi connectivity index (χ1) is 6.51. The molecule has 1 rings (SSSR count). The zero-order valence-corrected chi connectivity index (χ0v) is 8.32. The van der Waals surface area contributed by atoms with Gasteiger partial charge in [-0.15, -0.1) is 0 Å². The number of hydrogen-bond acceptors (Lipinski definition) is 4. The second kappa shape index (κ2) is 3.86. The van der Waals surface area contributed by atoms with Gasteiger partial charge in [0.15, 0.2) is 0 Å². The topological polar surface area (TPSA) is 75.7 Å². The third-order valence-corrected chi connectivity index (χ3v) is 2.13. The average molecular weight is 197 g/mol. The molecule has 1 aromatic carbocycles. The van der Waals surface area contributed by atoms with Crippen molar-refractivity contribution in [2.45, 2.75) is 12.5 Å². The number of aliphatic hydroxyl groups excluding tert-OH is 1. The Labute approximate surface area is 82.9 Å². The number of hydrogen-bond donors (Lipinski definition) is 3. The monoisotopic (exact) mass is 197 g/mol. The number of aromatic hydroxyl groups is 1. The minimum atomic E-state index is -0.862. The van der Waals surface area contributed by atoms with Gasteiger partial charge in [0.25, 0.3) is 0 Å². The van der Waals surface area contributed by atoms with Crippen LogP contribution in [0.25, 0.3) is 0 Å². The van der Waals surface area contributed by atoms with Gasteiger partial charge in [-0.2, -0.15) is 0 Å². The minimum Gasteiger partial charge on any atom is -0.508 e. The number of phenolic OH excluding ortho intramolecular Hbond substituents is 1. The summed E-state index contributed by atoms with van der Waals surface area (Å²) in [5, 5.41) is 18.3. The summed E-state index contributed by atoms with van der Waals surface area (Å²) in [6, 6.07) is 4.62. The van der Waals surface area contributed by atoms with Crippen LogP contribution in [0, 0.1) is 0 Å². The van der Waals surface area contributed by atoms with Gasteiger partial charge in [-0.05, 0) is 19.1 Å². The van der Waals surface area contributed by atoms with Gasteiger partial charge in [-0.25, -0.2) is 0 Å². The maximum absolute atomic E-state index is 9.22. The first-order valence-electron chi connectivity index (χ1n) is 4.28. The fourth-order valence-electron chi connectivity index (χ4n) is 1.24. The SMILES string of the molecule is COc1cc(O)ccc1[C@@](C)(N)CO. The predicted octanol–water partition coefficient (Wildman–Crippen LogP) is 0.567. The van der Waals surface area contributed by atoms with Crippen LogP contribution in [0.3, 0.4) is 0 Å². The molecule has 0 heterocycles. The van der Waals surface area contributed by atoms with Crippen LogP contribution in [0.4, 0.5) is 0 Å². The van der Waals surface area contributed by atoms with Gasteiger partial charge in [0.1, 0.15) is 11.5 Å². The standard InChI is InChI=1S/C10H15NO3/c1-10(11,6-12)8-4-3-7(13)5-9(8)14-2/h3-5,12-13H,6,11H2,1-2H3/t10-/m0/s1. The van der Waals surface area contributed by atoms with Gasteiger partial charge < -0.3 is 20.7 Å². The maximum Gasteiger partial charge on any atom is 0.127 e. The Morgan fingerprint density at radius 1 is 1.50 bits per heavy atom. The van der Waals surface area contributed by atoms with E-state index in [1.54, 1.807) is 13.0 Å². The van der Waals surface area contributed by atoms with E-state index in [9.17, 15) is 5.11 Å². The molecule has 0 unspecified atom stereocenters. The van der Waals surface area contributed by atoms with Gasteiger partial charge in [0, 0.05) is 11.6 Å². The molecule has 14 heavy (non-hydrogen) atoms. The molecule has 1 aromatic rings. The lowest BCUT2D eigenvalue weighted by molar-refractivity contribution is 0.206. The van der Waals surface area contributed by atoms with Crippen molar-refractivity contribution in [2.24, 2.45) is 5.73 Å². The summed E-state index contributed by atoms with van der Waals surface area (Å²) in [6.45, 7) is 1.51. The molecular weight excluding hydrogens is 182 g/mol. The number of ether oxygens (including phenoxy) is 1. The molecule has 0 bridgehead atoms. The quantitative estimate of drug-likeness (QED) is 0.662. The largest absolute Gasteiger partial charge is 0.508 e. The Bertz CT molecular complexity index is 323. The summed E-state index contributed by atoms with van der Waals surface area (Å²) < 4.78 is 5.06. The van der Waals surface area contributed by atoms with Gasteiger partial charge in [0.2, 0.25) is 0 Å². The Morgan fingerprint density at radius 2 is 2.14 bits per heavy atom. The van der Waals surface area contributed by atoms with Crippen molar-refractivity contribution in [2.75, 3.05) is 13.7 Å². The van der Waals surface area contributed by atoms with Crippen molar-refractivity contribution in [1.29, 1.82) is 0 Å². The van der Waals surface area contributed by atoms with Crippen molar-refractivity contribution in [3.8, 4) is 11.5 Å². The van der Waals surface area contributed by atoms with E-state index >= 15 is 0 Å². The molecule has 4 heteroatoms. The number of aliphatic hydroxyl groups is 1. The molecule has 4 N–H and O–H groups in total. The number of rotatable bonds is 3. The Morgan fingerprint density at radius 3 is 2.64 bits per heavy atom. The molecule has 78 valence electrons. The first kappa shape index (κ1) is 10.8. The van der Waals surface area contributed by atoms with Crippen LogP contribution in [0.15, 0.2) is 18.2 Å². The van der Waals surface area contributed by atoms with Crippen molar-refractivity contribution >= 4 is 0 Å². The lowest BCUT2D eigenvalue weighted by atomic mass is 9.93.